The second-order valence-electron chi connectivity index (χ2n) is 5.85. The van der Waals surface area contributed by atoms with Crippen molar-refractivity contribution in [1.29, 1.82) is 0 Å². The molecular weight excluding hydrogens is 246 g/mol. The highest BCUT2D eigenvalue weighted by Gasteiger charge is 2.22. The van der Waals surface area contributed by atoms with Crippen molar-refractivity contribution in [2.75, 3.05) is 18.0 Å². The van der Waals surface area contributed by atoms with E-state index in [-0.39, 0.29) is 0 Å². The number of nitrogens with zero attached hydrogens (tertiary/aromatic N) is 2. The van der Waals surface area contributed by atoms with E-state index in [9.17, 15) is 0 Å². The molecule has 1 unspecified atom stereocenters. The Kier molecular flexibility index (Phi) is 5.84. The largest absolute Gasteiger partial charge is 0.354 e. The number of aromatic nitrogens is 1. The van der Waals surface area contributed by atoms with E-state index in [0.717, 1.165) is 18.9 Å². The van der Waals surface area contributed by atoms with E-state index in [2.05, 4.69) is 43.1 Å². The fraction of sp³-hybridized carbons (Fsp3) is 0.706. The number of anilines is 1. The van der Waals surface area contributed by atoms with Gasteiger partial charge >= 0.3 is 0 Å². The summed E-state index contributed by atoms with van der Waals surface area (Å²) in [5, 5.41) is 3.51. The molecule has 1 aromatic heterocycles. The standard InChI is InChI=1S/C17H29N3/c1-4-12-18-14(3)15-10-11-17(19-13-15)20(5-2)16-8-6-7-9-16/h10-11,13-14,16,18H,4-9,12H2,1-3H3. The maximum atomic E-state index is 4.71. The molecule has 0 amide bonds. The average molecular weight is 275 g/mol. The van der Waals surface area contributed by atoms with E-state index in [1.807, 2.05) is 6.20 Å². The number of hydrogen-bond donors (Lipinski definition) is 1. The van der Waals surface area contributed by atoms with E-state index in [0.29, 0.717) is 12.1 Å². The monoisotopic (exact) mass is 275 g/mol. The molecule has 0 saturated heterocycles. The van der Waals surface area contributed by atoms with Crippen molar-refractivity contribution in [3.05, 3.63) is 23.9 Å². The predicted octanol–water partition coefficient (Wildman–Crippen LogP) is 3.91. The molecule has 1 atom stereocenters. The zero-order chi connectivity index (χ0) is 14.4. The number of hydrogen-bond acceptors (Lipinski definition) is 3. The highest BCUT2D eigenvalue weighted by Crippen LogP contribution is 2.27. The van der Waals surface area contributed by atoms with Gasteiger partial charge in [0.05, 0.1) is 0 Å². The van der Waals surface area contributed by atoms with Crippen LogP contribution >= 0.6 is 0 Å². The molecule has 1 aromatic rings. The lowest BCUT2D eigenvalue weighted by Crippen LogP contribution is -2.33. The Morgan fingerprint density at radius 1 is 1.30 bits per heavy atom. The summed E-state index contributed by atoms with van der Waals surface area (Å²) in [4.78, 5) is 7.18. The molecule has 112 valence electrons. The minimum atomic E-state index is 0.387. The molecule has 1 N–H and O–H groups in total. The summed E-state index contributed by atoms with van der Waals surface area (Å²) in [7, 11) is 0. The summed E-state index contributed by atoms with van der Waals surface area (Å²) in [6, 6.07) is 5.52. The molecule has 0 aliphatic heterocycles. The quantitative estimate of drug-likeness (QED) is 0.817. The van der Waals surface area contributed by atoms with Crippen LogP contribution in [-0.2, 0) is 0 Å². The van der Waals surface area contributed by atoms with E-state index in [1.165, 1.54) is 37.7 Å². The van der Waals surface area contributed by atoms with Crippen LogP contribution in [0.1, 0.15) is 64.5 Å². The van der Waals surface area contributed by atoms with Crippen molar-refractivity contribution < 1.29 is 0 Å². The first-order valence-electron chi connectivity index (χ1n) is 8.22. The Bertz CT molecular complexity index is 382. The summed E-state index contributed by atoms with van der Waals surface area (Å²) < 4.78 is 0. The number of rotatable bonds is 7. The molecule has 1 saturated carbocycles. The van der Waals surface area contributed by atoms with Crippen LogP contribution in [0.25, 0.3) is 0 Å². The van der Waals surface area contributed by atoms with Crippen LogP contribution in [0.3, 0.4) is 0 Å². The van der Waals surface area contributed by atoms with Gasteiger partial charge in [-0.15, -0.1) is 0 Å². The molecule has 3 nitrogen and oxygen atoms in total. The molecule has 0 radical (unpaired) electrons. The molecule has 3 heteroatoms. The van der Waals surface area contributed by atoms with Crippen molar-refractivity contribution in [2.24, 2.45) is 0 Å². The van der Waals surface area contributed by atoms with E-state index in [4.69, 9.17) is 4.98 Å². The Hall–Kier alpha value is -1.09. The Balaban J connectivity index is 2.02. The zero-order valence-corrected chi connectivity index (χ0v) is 13.2. The average Bonchev–Trinajstić information content (AvgIpc) is 3.00. The maximum absolute atomic E-state index is 4.71. The Labute approximate surface area is 123 Å². The van der Waals surface area contributed by atoms with Crippen LogP contribution in [-0.4, -0.2) is 24.1 Å². The van der Waals surface area contributed by atoms with Gasteiger partial charge in [-0.1, -0.05) is 25.8 Å². The third kappa shape index (κ3) is 3.72. The minimum Gasteiger partial charge on any atom is -0.354 e. The first-order valence-corrected chi connectivity index (χ1v) is 8.22. The molecule has 1 aliphatic carbocycles. The maximum Gasteiger partial charge on any atom is 0.128 e. The third-order valence-corrected chi connectivity index (χ3v) is 4.37. The summed E-state index contributed by atoms with van der Waals surface area (Å²) in [5.74, 6) is 1.14. The lowest BCUT2D eigenvalue weighted by atomic mass is 10.1. The molecule has 20 heavy (non-hydrogen) atoms. The van der Waals surface area contributed by atoms with Gasteiger partial charge in [0.2, 0.25) is 0 Å². The van der Waals surface area contributed by atoms with Gasteiger partial charge in [-0.05, 0) is 51.3 Å². The summed E-state index contributed by atoms with van der Waals surface area (Å²) in [5.41, 5.74) is 1.28. The summed E-state index contributed by atoms with van der Waals surface area (Å²) >= 11 is 0. The van der Waals surface area contributed by atoms with Crippen LogP contribution in [0.2, 0.25) is 0 Å². The fourth-order valence-corrected chi connectivity index (χ4v) is 3.13. The highest BCUT2D eigenvalue weighted by atomic mass is 15.2. The van der Waals surface area contributed by atoms with Crippen molar-refractivity contribution in [1.82, 2.24) is 10.3 Å². The summed E-state index contributed by atoms with van der Waals surface area (Å²) in [6.45, 7) is 8.76. The smallest absolute Gasteiger partial charge is 0.128 e. The summed E-state index contributed by atoms with van der Waals surface area (Å²) in [6.07, 6.45) is 8.60. The van der Waals surface area contributed by atoms with Gasteiger partial charge in [0.15, 0.2) is 0 Å². The first-order chi connectivity index (χ1) is 9.76. The lowest BCUT2D eigenvalue weighted by Gasteiger charge is -2.29. The van der Waals surface area contributed by atoms with E-state index < -0.39 is 0 Å². The molecule has 0 spiro atoms. The number of nitrogens with one attached hydrogen (secondary N) is 1. The van der Waals surface area contributed by atoms with Crippen molar-refractivity contribution in [3.8, 4) is 0 Å². The van der Waals surface area contributed by atoms with Gasteiger partial charge in [0.1, 0.15) is 5.82 Å². The number of pyridine rings is 1. The van der Waals surface area contributed by atoms with E-state index >= 15 is 0 Å². The van der Waals surface area contributed by atoms with Crippen LogP contribution < -0.4 is 10.2 Å². The van der Waals surface area contributed by atoms with Gasteiger partial charge in [0.25, 0.3) is 0 Å². The van der Waals surface area contributed by atoms with Gasteiger partial charge in [-0.2, -0.15) is 0 Å². The fourth-order valence-electron chi connectivity index (χ4n) is 3.13. The normalized spacial score (nSPS) is 17.4. The first kappa shape index (κ1) is 15.3. The van der Waals surface area contributed by atoms with Crippen LogP contribution in [0.5, 0.6) is 0 Å². The molecule has 1 aliphatic rings. The molecule has 0 bridgehead atoms. The second kappa shape index (κ2) is 7.63. The molecule has 0 aromatic carbocycles. The van der Waals surface area contributed by atoms with Crippen LogP contribution in [0.15, 0.2) is 18.3 Å². The van der Waals surface area contributed by atoms with Gasteiger partial charge in [0, 0.05) is 24.8 Å². The van der Waals surface area contributed by atoms with Crippen LogP contribution in [0, 0.1) is 0 Å². The van der Waals surface area contributed by atoms with Gasteiger partial charge < -0.3 is 10.2 Å². The van der Waals surface area contributed by atoms with Crippen molar-refractivity contribution in [2.45, 2.75) is 65.0 Å². The van der Waals surface area contributed by atoms with Crippen molar-refractivity contribution >= 4 is 5.82 Å². The van der Waals surface area contributed by atoms with Gasteiger partial charge in [-0.3, -0.25) is 0 Å². The highest BCUT2D eigenvalue weighted by molar-refractivity contribution is 5.41. The zero-order valence-electron chi connectivity index (χ0n) is 13.2. The topological polar surface area (TPSA) is 28.2 Å². The second-order valence-corrected chi connectivity index (χ2v) is 5.85. The molecule has 2 rings (SSSR count). The Morgan fingerprint density at radius 3 is 2.60 bits per heavy atom. The van der Waals surface area contributed by atoms with Gasteiger partial charge in [-0.25, -0.2) is 4.98 Å². The minimum absolute atomic E-state index is 0.387. The van der Waals surface area contributed by atoms with Crippen molar-refractivity contribution in [3.63, 3.8) is 0 Å². The molecule has 1 heterocycles. The molecular formula is C17H29N3. The van der Waals surface area contributed by atoms with E-state index in [1.54, 1.807) is 0 Å². The Morgan fingerprint density at radius 2 is 2.05 bits per heavy atom. The SMILES string of the molecule is CCCNC(C)c1ccc(N(CC)C2CCCC2)nc1. The molecule has 1 fully saturated rings. The van der Waals surface area contributed by atoms with Crippen LogP contribution in [0.4, 0.5) is 5.82 Å². The third-order valence-electron chi connectivity index (χ3n) is 4.37. The predicted molar refractivity (Wildman–Crippen MR) is 86.2 cm³/mol. The lowest BCUT2D eigenvalue weighted by molar-refractivity contribution is 0.568.